The van der Waals surface area contributed by atoms with Crippen molar-refractivity contribution in [1.82, 2.24) is 0 Å². The van der Waals surface area contributed by atoms with E-state index < -0.39 is 0 Å². The van der Waals surface area contributed by atoms with E-state index in [1.54, 1.807) is 11.1 Å². The fourth-order valence-electron chi connectivity index (χ4n) is 3.54. The molecule has 0 fully saturated rings. The normalized spacial score (nSPS) is 19.9. The number of aryl methyl sites for hydroxylation is 1. The first-order valence-electron chi connectivity index (χ1n) is 7.99. The summed E-state index contributed by atoms with van der Waals surface area (Å²) in [6, 6.07) is 15.6. The molecular formula is C19H21NS. The van der Waals surface area contributed by atoms with Gasteiger partial charge in [-0.25, -0.2) is 0 Å². The second kappa shape index (κ2) is 5.76. The lowest BCUT2D eigenvalue weighted by molar-refractivity contribution is 0.686. The molecule has 1 aliphatic carbocycles. The van der Waals surface area contributed by atoms with E-state index in [0.29, 0.717) is 5.25 Å². The van der Waals surface area contributed by atoms with E-state index >= 15 is 0 Å². The van der Waals surface area contributed by atoms with Crippen LogP contribution in [0.1, 0.15) is 29.5 Å². The number of hydrogen-bond donors (Lipinski definition) is 1. The lowest BCUT2D eigenvalue weighted by atomic mass is 9.90. The average Bonchev–Trinajstić information content (AvgIpc) is 2.96. The van der Waals surface area contributed by atoms with Gasteiger partial charge in [-0.1, -0.05) is 30.3 Å². The van der Waals surface area contributed by atoms with Crippen molar-refractivity contribution in [3.8, 4) is 0 Å². The SMILES string of the molecule is c1ccc2c(c1)CC(CNc1cccc3c1CCCC3)S2. The van der Waals surface area contributed by atoms with Crippen molar-refractivity contribution >= 4 is 17.4 Å². The fourth-order valence-corrected chi connectivity index (χ4v) is 4.79. The molecule has 0 aromatic heterocycles. The maximum Gasteiger partial charge on any atom is 0.0375 e. The molecular weight excluding hydrogens is 274 g/mol. The van der Waals surface area contributed by atoms with Crippen molar-refractivity contribution in [2.24, 2.45) is 0 Å². The first-order valence-corrected chi connectivity index (χ1v) is 8.87. The van der Waals surface area contributed by atoms with Gasteiger partial charge in [0, 0.05) is 22.4 Å². The standard InChI is InChI=1S/C19H21NS/c1-3-9-17-14(6-1)8-5-10-18(17)20-13-16-12-15-7-2-4-11-19(15)21-16/h2,4-5,7-8,10-11,16,20H,1,3,6,9,12-13H2. The molecule has 108 valence electrons. The Morgan fingerprint density at radius 2 is 1.81 bits per heavy atom. The minimum absolute atomic E-state index is 0.668. The molecule has 0 radical (unpaired) electrons. The lowest BCUT2D eigenvalue weighted by Gasteiger charge is -2.21. The van der Waals surface area contributed by atoms with Crippen molar-refractivity contribution < 1.29 is 0 Å². The van der Waals surface area contributed by atoms with Gasteiger partial charge in [-0.2, -0.15) is 0 Å². The van der Waals surface area contributed by atoms with Crippen LogP contribution in [-0.2, 0) is 19.3 Å². The Labute approximate surface area is 131 Å². The summed E-state index contributed by atoms with van der Waals surface area (Å²) < 4.78 is 0. The number of hydrogen-bond acceptors (Lipinski definition) is 2. The van der Waals surface area contributed by atoms with E-state index in [0.717, 1.165) is 6.54 Å². The Kier molecular flexibility index (Phi) is 3.64. The van der Waals surface area contributed by atoms with Crippen LogP contribution < -0.4 is 5.32 Å². The third kappa shape index (κ3) is 2.69. The second-order valence-corrected chi connectivity index (χ2v) is 7.43. The van der Waals surface area contributed by atoms with E-state index in [4.69, 9.17) is 0 Å². The number of anilines is 1. The molecule has 2 aromatic carbocycles. The number of rotatable bonds is 3. The van der Waals surface area contributed by atoms with Gasteiger partial charge in [0.15, 0.2) is 0 Å². The van der Waals surface area contributed by atoms with Gasteiger partial charge in [-0.15, -0.1) is 11.8 Å². The van der Waals surface area contributed by atoms with Crippen LogP contribution in [0.3, 0.4) is 0 Å². The molecule has 1 heterocycles. The molecule has 0 saturated carbocycles. The Morgan fingerprint density at radius 3 is 2.76 bits per heavy atom. The quantitative estimate of drug-likeness (QED) is 0.881. The molecule has 1 N–H and O–H groups in total. The van der Waals surface area contributed by atoms with E-state index in [9.17, 15) is 0 Å². The molecule has 0 bridgehead atoms. The number of nitrogens with one attached hydrogen (secondary N) is 1. The van der Waals surface area contributed by atoms with Crippen molar-refractivity contribution in [2.45, 2.75) is 42.2 Å². The third-order valence-electron chi connectivity index (χ3n) is 4.63. The predicted octanol–water partition coefficient (Wildman–Crippen LogP) is 4.69. The molecule has 4 rings (SSSR count). The number of benzene rings is 2. The molecule has 1 aliphatic heterocycles. The summed E-state index contributed by atoms with van der Waals surface area (Å²) in [4.78, 5) is 1.47. The van der Waals surface area contributed by atoms with Crippen LogP contribution in [0, 0.1) is 0 Å². The van der Waals surface area contributed by atoms with E-state index in [2.05, 4.69) is 47.8 Å². The molecule has 2 aromatic rings. The van der Waals surface area contributed by atoms with Gasteiger partial charge in [0.1, 0.15) is 0 Å². The molecule has 2 aliphatic rings. The first kappa shape index (κ1) is 13.3. The highest BCUT2D eigenvalue weighted by atomic mass is 32.2. The van der Waals surface area contributed by atoms with Gasteiger partial charge in [0.25, 0.3) is 0 Å². The Balaban J connectivity index is 1.44. The predicted molar refractivity (Wildman–Crippen MR) is 91.4 cm³/mol. The zero-order chi connectivity index (χ0) is 14.1. The largest absolute Gasteiger partial charge is 0.384 e. The van der Waals surface area contributed by atoms with Gasteiger partial charge >= 0.3 is 0 Å². The molecule has 21 heavy (non-hydrogen) atoms. The summed E-state index contributed by atoms with van der Waals surface area (Å²) in [7, 11) is 0. The third-order valence-corrected chi connectivity index (χ3v) is 5.95. The van der Waals surface area contributed by atoms with Crippen molar-refractivity contribution in [3.63, 3.8) is 0 Å². The second-order valence-electron chi connectivity index (χ2n) is 6.08. The molecule has 0 spiro atoms. The maximum atomic E-state index is 3.73. The Bertz CT molecular complexity index is 625. The zero-order valence-corrected chi connectivity index (χ0v) is 13.1. The topological polar surface area (TPSA) is 12.0 Å². The van der Waals surface area contributed by atoms with Crippen LogP contribution in [0.4, 0.5) is 5.69 Å². The Morgan fingerprint density at radius 1 is 0.952 bits per heavy atom. The maximum absolute atomic E-state index is 3.73. The molecule has 0 saturated heterocycles. The summed E-state index contributed by atoms with van der Waals surface area (Å²) in [6.07, 6.45) is 6.40. The number of thioether (sulfide) groups is 1. The Hall–Kier alpha value is -1.41. The van der Waals surface area contributed by atoms with Gasteiger partial charge in [0.05, 0.1) is 0 Å². The summed E-state index contributed by atoms with van der Waals surface area (Å²) in [5.74, 6) is 0. The van der Waals surface area contributed by atoms with Gasteiger partial charge < -0.3 is 5.32 Å². The highest BCUT2D eigenvalue weighted by Crippen LogP contribution is 2.37. The summed E-state index contributed by atoms with van der Waals surface area (Å²) in [5, 5.41) is 4.40. The van der Waals surface area contributed by atoms with Crippen LogP contribution >= 0.6 is 11.8 Å². The minimum atomic E-state index is 0.668. The summed E-state index contributed by atoms with van der Waals surface area (Å²) in [6.45, 7) is 1.07. The average molecular weight is 295 g/mol. The molecule has 2 heteroatoms. The highest BCUT2D eigenvalue weighted by Gasteiger charge is 2.22. The van der Waals surface area contributed by atoms with Crippen molar-refractivity contribution in [2.75, 3.05) is 11.9 Å². The summed E-state index contributed by atoms with van der Waals surface area (Å²) >= 11 is 2.03. The smallest absolute Gasteiger partial charge is 0.0375 e. The van der Waals surface area contributed by atoms with Crippen LogP contribution in [0.15, 0.2) is 47.4 Å². The monoisotopic (exact) mass is 295 g/mol. The lowest BCUT2D eigenvalue weighted by Crippen LogP contribution is -2.17. The number of fused-ring (bicyclic) bond motifs is 2. The minimum Gasteiger partial charge on any atom is -0.384 e. The van der Waals surface area contributed by atoms with Crippen LogP contribution in [0.25, 0.3) is 0 Å². The summed E-state index contributed by atoms with van der Waals surface area (Å²) in [5.41, 5.74) is 6.03. The first-order chi connectivity index (χ1) is 10.4. The van der Waals surface area contributed by atoms with E-state index in [1.165, 1.54) is 48.3 Å². The molecule has 1 atom stereocenters. The fraction of sp³-hybridized carbons (Fsp3) is 0.368. The molecule has 1 unspecified atom stereocenters. The van der Waals surface area contributed by atoms with Crippen LogP contribution in [-0.4, -0.2) is 11.8 Å². The zero-order valence-electron chi connectivity index (χ0n) is 12.3. The van der Waals surface area contributed by atoms with Gasteiger partial charge in [0.2, 0.25) is 0 Å². The van der Waals surface area contributed by atoms with Gasteiger partial charge in [-0.05, 0) is 60.9 Å². The van der Waals surface area contributed by atoms with Gasteiger partial charge in [-0.3, -0.25) is 0 Å². The highest BCUT2D eigenvalue weighted by molar-refractivity contribution is 8.00. The van der Waals surface area contributed by atoms with E-state index in [-0.39, 0.29) is 0 Å². The van der Waals surface area contributed by atoms with Crippen LogP contribution in [0.2, 0.25) is 0 Å². The molecule has 1 nitrogen and oxygen atoms in total. The van der Waals surface area contributed by atoms with Crippen molar-refractivity contribution in [3.05, 3.63) is 59.2 Å². The molecule has 0 amide bonds. The van der Waals surface area contributed by atoms with E-state index in [1.807, 2.05) is 11.8 Å². The van der Waals surface area contributed by atoms with Crippen LogP contribution in [0.5, 0.6) is 0 Å². The van der Waals surface area contributed by atoms with Crippen molar-refractivity contribution in [1.29, 1.82) is 0 Å².